The van der Waals surface area contributed by atoms with E-state index in [1.54, 1.807) is 30.3 Å². The van der Waals surface area contributed by atoms with Crippen molar-refractivity contribution in [3.05, 3.63) is 137 Å². The van der Waals surface area contributed by atoms with Crippen LogP contribution in [0.5, 0.6) is 0 Å². The summed E-state index contributed by atoms with van der Waals surface area (Å²) in [6.07, 6.45) is -4.14. The minimum Gasteiger partial charge on any atom is -0.460 e. The standard InChI is InChI=1S/C33H30F3NO3/c1-23-13-18-29(21-24(23)2)37(20-19-25-14-16-28(17-15-25)33(34,35)36)31(38)30(27-11-7-4-8-12-27)32(39)40-22-26-9-5-3-6-10-26/h3-18,21,30H,19-20,22H2,1-2H3. The number of aryl methyl sites for hydroxylation is 2. The molecule has 0 aliphatic carbocycles. The van der Waals surface area contributed by atoms with Gasteiger partial charge in [0.2, 0.25) is 5.91 Å². The van der Waals surface area contributed by atoms with Crippen LogP contribution in [0.3, 0.4) is 0 Å². The Labute approximate surface area is 232 Å². The molecule has 1 unspecified atom stereocenters. The molecule has 0 N–H and O–H groups in total. The zero-order valence-electron chi connectivity index (χ0n) is 22.3. The van der Waals surface area contributed by atoms with Crippen LogP contribution < -0.4 is 4.90 Å². The Kier molecular flexibility index (Phi) is 9.04. The van der Waals surface area contributed by atoms with Crippen LogP contribution in [0.1, 0.15) is 39.3 Å². The molecule has 0 radical (unpaired) electrons. The van der Waals surface area contributed by atoms with Gasteiger partial charge in [0.15, 0.2) is 5.92 Å². The van der Waals surface area contributed by atoms with Crippen LogP contribution >= 0.6 is 0 Å². The normalized spacial score (nSPS) is 12.0. The predicted molar refractivity (Wildman–Crippen MR) is 149 cm³/mol. The predicted octanol–water partition coefficient (Wildman–Crippen LogP) is 7.43. The number of carbonyl (C=O) groups excluding carboxylic acids is 2. The first-order chi connectivity index (χ1) is 19.1. The molecule has 0 fully saturated rings. The summed E-state index contributed by atoms with van der Waals surface area (Å²) in [7, 11) is 0. The molecule has 0 saturated heterocycles. The molecule has 4 aromatic rings. The molecule has 0 bridgehead atoms. The highest BCUT2D eigenvalue weighted by molar-refractivity contribution is 6.10. The highest BCUT2D eigenvalue weighted by Crippen LogP contribution is 2.30. The van der Waals surface area contributed by atoms with Gasteiger partial charge in [0.05, 0.1) is 5.56 Å². The van der Waals surface area contributed by atoms with Crippen LogP contribution in [-0.4, -0.2) is 18.4 Å². The van der Waals surface area contributed by atoms with Crippen LogP contribution in [0.15, 0.2) is 103 Å². The van der Waals surface area contributed by atoms with Crippen molar-refractivity contribution in [2.45, 2.75) is 39.0 Å². The summed E-state index contributed by atoms with van der Waals surface area (Å²) in [5.74, 6) is -2.37. The molecule has 4 aromatic carbocycles. The number of rotatable bonds is 9. The van der Waals surface area contributed by atoms with E-state index < -0.39 is 29.5 Å². The Morgan fingerprint density at radius 2 is 1.40 bits per heavy atom. The molecule has 0 saturated carbocycles. The third kappa shape index (κ3) is 7.17. The summed E-state index contributed by atoms with van der Waals surface area (Å²) in [4.78, 5) is 29.1. The van der Waals surface area contributed by atoms with Crippen LogP contribution in [0.2, 0.25) is 0 Å². The number of benzene rings is 4. The molecule has 7 heteroatoms. The highest BCUT2D eigenvalue weighted by atomic mass is 19.4. The van der Waals surface area contributed by atoms with Crippen molar-refractivity contribution in [3.8, 4) is 0 Å². The smallest absolute Gasteiger partial charge is 0.416 e. The summed E-state index contributed by atoms with van der Waals surface area (Å²) in [5.41, 5.74) is 3.80. The van der Waals surface area contributed by atoms with E-state index in [4.69, 9.17) is 4.74 Å². The topological polar surface area (TPSA) is 46.6 Å². The lowest BCUT2D eigenvalue weighted by molar-refractivity contribution is -0.149. The maximum Gasteiger partial charge on any atom is 0.416 e. The minimum absolute atomic E-state index is 0.0193. The second-order valence-electron chi connectivity index (χ2n) is 9.64. The maximum atomic E-state index is 14.2. The van der Waals surface area contributed by atoms with Gasteiger partial charge in [0.25, 0.3) is 0 Å². The Balaban J connectivity index is 1.64. The molecule has 206 valence electrons. The largest absolute Gasteiger partial charge is 0.460 e. The average molecular weight is 546 g/mol. The lowest BCUT2D eigenvalue weighted by Gasteiger charge is -2.28. The number of carbonyl (C=O) groups is 2. The summed E-state index contributed by atoms with van der Waals surface area (Å²) >= 11 is 0. The van der Waals surface area contributed by atoms with E-state index in [1.165, 1.54) is 17.0 Å². The van der Waals surface area contributed by atoms with Gasteiger partial charge in [0, 0.05) is 12.2 Å². The van der Waals surface area contributed by atoms with Crippen molar-refractivity contribution in [2.24, 2.45) is 0 Å². The van der Waals surface area contributed by atoms with Crippen LogP contribution in [-0.2, 0) is 33.5 Å². The highest BCUT2D eigenvalue weighted by Gasteiger charge is 2.35. The van der Waals surface area contributed by atoms with Crippen LogP contribution in [0.25, 0.3) is 0 Å². The fourth-order valence-corrected chi connectivity index (χ4v) is 4.35. The van der Waals surface area contributed by atoms with Gasteiger partial charge in [0.1, 0.15) is 6.61 Å². The number of nitrogens with zero attached hydrogens (tertiary/aromatic N) is 1. The van der Waals surface area contributed by atoms with Gasteiger partial charge < -0.3 is 9.64 Å². The fraction of sp³-hybridized carbons (Fsp3) is 0.212. The van der Waals surface area contributed by atoms with Crippen molar-refractivity contribution in [1.29, 1.82) is 0 Å². The second kappa shape index (κ2) is 12.6. The number of halogens is 3. The zero-order chi connectivity index (χ0) is 28.7. The van der Waals surface area contributed by atoms with E-state index in [2.05, 4.69) is 0 Å². The van der Waals surface area contributed by atoms with Gasteiger partial charge in [-0.2, -0.15) is 13.2 Å². The van der Waals surface area contributed by atoms with Gasteiger partial charge in [-0.05, 0) is 72.4 Å². The fourth-order valence-electron chi connectivity index (χ4n) is 4.35. The van der Waals surface area contributed by atoms with Crippen LogP contribution in [0, 0.1) is 13.8 Å². The van der Waals surface area contributed by atoms with Gasteiger partial charge >= 0.3 is 12.1 Å². The molecule has 0 aliphatic rings. The van der Waals surface area contributed by atoms with Gasteiger partial charge in [-0.1, -0.05) is 78.9 Å². The van der Waals surface area contributed by atoms with Crippen molar-refractivity contribution < 1.29 is 27.5 Å². The molecule has 4 nitrogen and oxygen atoms in total. The SMILES string of the molecule is Cc1ccc(N(CCc2ccc(C(F)(F)F)cc2)C(=O)C(C(=O)OCc2ccccc2)c2ccccc2)cc1C. The van der Waals surface area contributed by atoms with Crippen molar-refractivity contribution in [2.75, 3.05) is 11.4 Å². The molecule has 0 aliphatic heterocycles. The second-order valence-corrected chi connectivity index (χ2v) is 9.64. The Morgan fingerprint density at radius 3 is 2.00 bits per heavy atom. The number of hydrogen-bond acceptors (Lipinski definition) is 3. The molecule has 0 heterocycles. The molecular weight excluding hydrogens is 515 g/mol. The van der Waals surface area contributed by atoms with Crippen molar-refractivity contribution >= 4 is 17.6 Å². The Bertz CT molecular complexity index is 1440. The number of alkyl halides is 3. The maximum absolute atomic E-state index is 14.2. The van der Waals surface area contributed by atoms with Gasteiger partial charge in [-0.25, -0.2) is 0 Å². The van der Waals surface area contributed by atoms with Crippen molar-refractivity contribution in [1.82, 2.24) is 0 Å². The van der Waals surface area contributed by atoms with E-state index in [0.717, 1.165) is 28.8 Å². The quantitative estimate of drug-likeness (QED) is 0.162. The first-order valence-electron chi connectivity index (χ1n) is 12.9. The molecule has 1 atom stereocenters. The third-order valence-corrected chi connectivity index (χ3v) is 6.81. The Morgan fingerprint density at radius 1 is 0.775 bits per heavy atom. The number of ether oxygens (including phenoxy) is 1. The summed E-state index contributed by atoms with van der Waals surface area (Å²) in [6, 6.07) is 28.4. The summed E-state index contributed by atoms with van der Waals surface area (Å²) < 4.78 is 44.7. The van der Waals surface area contributed by atoms with Gasteiger partial charge in [-0.15, -0.1) is 0 Å². The van der Waals surface area contributed by atoms with E-state index in [9.17, 15) is 22.8 Å². The van der Waals surface area contributed by atoms with E-state index in [-0.39, 0.29) is 19.6 Å². The van der Waals surface area contributed by atoms with Crippen molar-refractivity contribution in [3.63, 3.8) is 0 Å². The summed E-state index contributed by atoms with van der Waals surface area (Å²) in [5, 5.41) is 0. The van der Waals surface area contributed by atoms with Crippen LogP contribution in [0.4, 0.5) is 18.9 Å². The number of anilines is 1. The monoisotopic (exact) mass is 545 g/mol. The van der Waals surface area contributed by atoms with Gasteiger partial charge in [-0.3, -0.25) is 9.59 Å². The average Bonchev–Trinajstić information content (AvgIpc) is 2.95. The number of esters is 1. The van der Waals surface area contributed by atoms with E-state index >= 15 is 0 Å². The first kappa shape index (κ1) is 28.6. The molecular formula is C33H30F3NO3. The molecule has 40 heavy (non-hydrogen) atoms. The number of hydrogen-bond donors (Lipinski definition) is 0. The summed E-state index contributed by atoms with van der Waals surface area (Å²) in [6.45, 7) is 4.06. The minimum atomic E-state index is -4.43. The molecule has 1 amide bonds. The first-order valence-corrected chi connectivity index (χ1v) is 12.9. The molecule has 0 aromatic heterocycles. The number of amides is 1. The lowest BCUT2D eigenvalue weighted by Crippen LogP contribution is -2.40. The van der Waals surface area contributed by atoms with E-state index in [1.807, 2.05) is 62.4 Å². The molecule has 4 rings (SSSR count). The molecule has 0 spiro atoms. The van der Waals surface area contributed by atoms with E-state index in [0.29, 0.717) is 16.8 Å². The Hall–Kier alpha value is -4.39. The zero-order valence-corrected chi connectivity index (χ0v) is 22.3. The third-order valence-electron chi connectivity index (χ3n) is 6.81. The lowest BCUT2D eigenvalue weighted by atomic mass is 9.96.